The lowest BCUT2D eigenvalue weighted by molar-refractivity contribution is 0.781. The molecule has 0 unspecified atom stereocenters. The molecule has 0 amide bonds. The molecule has 1 saturated carbocycles. The predicted octanol–water partition coefficient (Wildman–Crippen LogP) is 4.09. The maximum Gasteiger partial charge on any atom is -0.0162 e. The van der Waals surface area contributed by atoms with Crippen molar-refractivity contribution in [3.05, 3.63) is 23.8 Å². The summed E-state index contributed by atoms with van der Waals surface area (Å²) in [7, 11) is 0. The van der Waals surface area contributed by atoms with Gasteiger partial charge in [0.05, 0.1) is 0 Å². The molecule has 0 saturated heterocycles. The summed E-state index contributed by atoms with van der Waals surface area (Å²) in [6.45, 7) is 8.54. The van der Waals surface area contributed by atoms with E-state index in [2.05, 4.69) is 26.5 Å². The molecule has 0 bridgehead atoms. The summed E-state index contributed by atoms with van der Waals surface area (Å²) >= 11 is 0. The molecule has 0 heteroatoms. The molecular weight excluding hydrogens is 144 g/mol. The van der Waals surface area contributed by atoms with Crippen LogP contribution in [-0.2, 0) is 0 Å². The van der Waals surface area contributed by atoms with E-state index in [-0.39, 0.29) is 0 Å². The molecule has 0 radical (unpaired) electrons. The maximum absolute atomic E-state index is 4.16. The molecule has 0 aliphatic heterocycles. The third kappa shape index (κ3) is 2.51. The average molecular weight is 164 g/mol. The normalized spacial score (nSPS) is 18.0. The fraction of sp³-hybridized carbons (Fsp3) is 0.667. The van der Waals surface area contributed by atoms with Crippen LogP contribution in [0.2, 0.25) is 0 Å². The molecule has 0 spiro atoms. The molecule has 0 aromatic rings. The molecule has 0 nitrogen and oxygen atoms in total. The SMILES string of the molecule is C=C(CCCC)/C(=C\C)C1CC1. The standard InChI is InChI=1S/C12H20/c1-4-6-7-10(3)12(5-2)11-8-9-11/h5,11H,3-4,6-9H2,1-2H3/b12-5+. The van der Waals surface area contributed by atoms with Crippen LogP contribution in [0.5, 0.6) is 0 Å². The van der Waals surface area contributed by atoms with Gasteiger partial charge in [-0.15, -0.1) is 0 Å². The minimum absolute atomic E-state index is 0.874. The van der Waals surface area contributed by atoms with Gasteiger partial charge in [-0.3, -0.25) is 0 Å². The molecular formula is C12H20. The Hall–Kier alpha value is -0.520. The highest BCUT2D eigenvalue weighted by Crippen LogP contribution is 2.40. The van der Waals surface area contributed by atoms with Crippen LogP contribution in [0.25, 0.3) is 0 Å². The second kappa shape index (κ2) is 4.49. The topological polar surface area (TPSA) is 0 Å². The van der Waals surface area contributed by atoms with Crippen LogP contribution in [0.3, 0.4) is 0 Å². The lowest BCUT2D eigenvalue weighted by Crippen LogP contribution is -1.90. The lowest BCUT2D eigenvalue weighted by Gasteiger charge is -2.08. The summed E-state index contributed by atoms with van der Waals surface area (Å²) in [4.78, 5) is 0. The van der Waals surface area contributed by atoms with E-state index in [0.717, 1.165) is 5.92 Å². The number of hydrogen-bond acceptors (Lipinski definition) is 0. The number of allylic oxidation sites excluding steroid dienone is 3. The van der Waals surface area contributed by atoms with Gasteiger partial charge < -0.3 is 0 Å². The molecule has 1 rings (SSSR count). The first-order valence-electron chi connectivity index (χ1n) is 5.14. The summed E-state index contributed by atoms with van der Waals surface area (Å²) in [6, 6.07) is 0. The summed E-state index contributed by atoms with van der Waals surface area (Å²) in [5.74, 6) is 0.874. The largest absolute Gasteiger partial charge is 0.0956 e. The average Bonchev–Trinajstić information content (AvgIpc) is 2.86. The molecule has 1 fully saturated rings. The molecule has 1 aliphatic rings. The van der Waals surface area contributed by atoms with Gasteiger partial charge in [0.1, 0.15) is 0 Å². The summed E-state index contributed by atoms with van der Waals surface area (Å²) < 4.78 is 0. The number of unbranched alkanes of at least 4 members (excludes halogenated alkanes) is 1. The van der Waals surface area contributed by atoms with Gasteiger partial charge >= 0.3 is 0 Å². The van der Waals surface area contributed by atoms with Gasteiger partial charge in [-0.05, 0) is 44.1 Å². The fourth-order valence-electron chi connectivity index (χ4n) is 1.66. The second-order valence-corrected chi connectivity index (χ2v) is 3.73. The van der Waals surface area contributed by atoms with Crippen LogP contribution in [0, 0.1) is 5.92 Å². The van der Waals surface area contributed by atoms with Gasteiger partial charge in [0, 0.05) is 0 Å². The highest BCUT2D eigenvalue weighted by molar-refractivity contribution is 5.32. The Kier molecular flexibility index (Phi) is 3.58. The Bertz CT molecular complexity index is 182. The van der Waals surface area contributed by atoms with Crippen molar-refractivity contribution in [1.29, 1.82) is 0 Å². The van der Waals surface area contributed by atoms with Crippen molar-refractivity contribution in [2.45, 2.75) is 46.0 Å². The summed E-state index contributed by atoms with van der Waals surface area (Å²) in [6.07, 6.45) is 8.82. The molecule has 0 N–H and O–H groups in total. The van der Waals surface area contributed by atoms with E-state index in [4.69, 9.17) is 0 Å². The Morgan fingerprint density at radius 1 is 1.50 bits per heavy atom. The van der Waals surface area contributed by atoms with E-state index < -0.39 is 0 Å². The van der Waals surface area contributed by atoms with E-state index in [9.17, 15) is 0 Å². The summed E-state index contributed by atoms with van der Waals surface area (Å²) in [5, 5.41) is 0. The molecule has 0 aromatic carbocycles. The molecule has 68 valence electrons. The lowest BCUT2D eigenvalue weighted by atomic mass is 9.98. The third-order valence-electron chi connectivity index (χ3n) is 2.57. The molecule has 0 heterocycles. The van der Waals surface area contributed by atoms with Crippen LogP contribution in [0.4, 0.5) is 0 Å². The van der Waals surface area contributed by atoms with Crippen LogP contribution in [0.15, 0.2) is 23.8 Å². The van der Waals surface area contributed by atoms with Gasteiger partial charge in [0.15, 0.2) is 0 Å². The van der Waals surface area contributed by atoms with Crippen molar-refractivity contribution in [3.63, 3.8) is 0 Å². The van der Waals surface area contributed by atoms with Crippen molar-refractivity contribution in [2.24, 2.45) is 5.92 Å². The minimum atomic E-state index is 0.874. The van der Waals surface area contributed by atoms with Gasteiger partial charge in [0.25, 0.3) is 0 Å². The highest BCUT2D eigenvalue weighted by Gasteiger charge is 2.26. The first-order valence-corrected chi connectivity index (χ1v) is 5.14. The first-order chi connectivity index (χ1) is 5.79. The van der Waals surface area contributed by atoms with Crippen LogP contribution < -0.4 is 0 Å². The van der Waals surface area contributed by atoms with Crippen molar-refractivity contribution in [3.8, 4) is 0 Å². The molecule has 0 aromatic heterocycles. The predicted molar refractivity (Wildman–Crippen MR) is 55.1 cm³/mol. The van der Waals surface area contributed by atoms with Gasteiger partial charge in [-0.2, -0.15) is 0 Å². The highest BCUT2D eigenvalue weighted by atomic mass is 14.3. The van der Waals surface area contributed by atoms with E-state index >= 15 is 0 Å². The Labute approximate surface area is 76.4 Å². The van der Waals surface area contributed by atoms with Crippen LogP contribution >= 0.6 is 0 Å². The zero-order valence-electron chi connectivity index (χ0n) is 8.40. The Balaban J connectivity index is 2.37. The Morgan fingerprint density at radius 2 is 2.17 bits per heavy atom. The van der Waals surface area contributed by atoms with E-state index in [0.29, 0.717) is 0 Å². The monoisotopic (exact) mass is 164 g/mol. The fourth-order valence-corrected chi connectivity index (χ4v) is 1.66. The first kappa shape index (κ1) is 9.57. The summed E-state index contributed by atoms with van der Waals surface area (Å²) in [5.41, 5.74) is 2.94. The van der Waals surface area contributed by atoms with Crippen molar-refractivity contribution >= 4 is 0 Å². The van der Waals surface area contributed by atoms with Crippen molar-refractivity contribution in [2.75, 3.05) is 0 Å². The van der Waals surface area contributed by atoms with Crippen molar-refractivity contribution < 1.29 is 0 Å². The minimum Gasteiger partial charge on any atom is -0.0956 e. The van der Waals surface area contributed by atoms with Crippen LogP contribution in [-0.4, -0.2) is 0 Å². The zero-order chi connectivity index (χ0) is 8.97. The maximum atomic E-state index is 4.16. The van der Waals surface area contributed by atoms with Gasteiger partial charge in [-0.25, -0.2) is 0 Å². The quantitative estimate of drug-likeness (QED) is 0.537. The Morgan fingerprint density at radius 3 is 2.58 bits per heavy atom. The van der Waals surface area contributed by atoms with Gasteiger partial charge in [-0.1, -0.05) is 31.6 Å². The van der Waals surface area contributed by atoms with E-state index in [1.807, 2.05) is 0 Å². The molecule has 12 heavy (non-hydrogen) atoms. The smallest absolute Gasteiger partial charge is 0.0162 e. The third-order valence-corrected chi connectivity index (χ3v) is 2.57. The van der Waals surface area contributed by atoms with Crippen molar-refractivity contribution in [1.82, 2.24) is 0 Å². The van der Waals surface area contributed by atoms with Crippen LogP contribution in [0.1, 0.15) is 46.0 Å². The second-order valence-electron chi connectivity index (χ2n) is 3.73. The number of hydrogen-bond donors (Lipinski definition) is 0. The molecule has 1 aliphatic carbocycles. The van der Waals surface area contributed by atoms with E-state index in [1.165, 1.54) is 37.7 Å². The number of rotatable bonds is 5. The zero-order valence-corrected chi connectivity index (χ0v) is 8.40. The van der Waals surface area contributed by atoms with E-state index in [1.54, 1.807) is 5.57 Å². The molecule has 0 atom stereocenters. The van der Waals surface area contributed by atoms with Gasteiger partial charge in [0.2, 0.25) is 0 Å².